The van der Waals surface area contributed by atoms with Crippen molar-refractivity contribution in [2.75, 3.05) is 19.0 Å². The summed E-state index contributed by atoms with van der Waals surface area (Å²) in [6.45, 7) is 0.323. The number of aromatic nitrogens is 1. The molecule has 1 aliphatic heterocycles. The number of pyridine rings is 1. The molecule has 2 aromatic carbocycles. The zero-order valence-electron chi connectivity index (χ0n) is 20.4. The van der Waals surface area contributed by atoms with Gasteiger partial charge in [0.1, 0.15) is 29.1 Å². The lowest BCUT2D eigenvalue weighted by Gasteiger charge is -2.26. The van der Waals surface area contributed by atoms with E-state index < -0.39 is 11.9 Å². The van der Waals surface area contributed by atoms with Gasteiger partial charge in [0.2, 0.25) is 5.91 Å². The number of methoxy groups -OCH3 is 1. The minimum Gasteiger partial charge on any atom is -0.495 e. The Labute approximate surface area is 233 Å². The molecule has 2 unspecified atom stereocenters. The van der Waals surface area contributed by atoms with Crippen LogP contribution in [0, 0.1) is 5.82 Å². The number of nitrogens with one attached hydrogen (secondary N) is 2. The Balaban J connectivity index is 1.41. The van der Waals surface area contributed by atoms with E-state index >= 15 is 0 Å². The summed E-state index contributed by atoms with van der Waals surface area (Å²) in [7, 11) is 1.56. The summed E-state index contributed by atoms with van der Waals surface area (Å²) in [4.78, 5) is 19.3. The maximum absolute atomic E-state index is 14.6. The Hall–Kier alpha value is -3.76. The summed E-state index contributed by atoms with van der Waals surface area (Å²) in [5, 5.41) is 6.71. The average molecular weight is 595 g/mol. The molecule has 4 aromatic rings. The van der Waals surface area contributed by atoms with Gasteiger partial charge in [-0.1, -0.05) is 34.1 Å². The van der Waals surface area contributed by atoms with Gasteiger partial charge in [-0.2, -0.15) is 0 Å². The molecule has 2 aromatic heterocycles. The molecular formula is C28H24BrFN4O3S. The van der Waals surface area contributed by atoms with Crippen LogP contribution in [0.15, 0.2) is 87.9 Å². The van der Waals surface area contributed by atoms with Crippen LogP contribution in [0.1, 0.15) is 30.0 Å². The third-order valence-electron chi connectivity index (χ3n) is 6.27. The molecule has 2 N–H and O–H groups in total. The molecule has 0 bridgehead atoms. The molecule has 7 nitrogen and oxygen atoms in total. The summed E-state index contributed by atoms with van der Waals surface area (Å²) in [6.07, 6.45) is 1.88. The summed E-state index contributed by atoms with van der Waals surface area (Å²) in [6, 6.07) is 20.5. The van der Waals surface area contributed by atoms with Crippen LogP contribution >= 0.6 is 28.1 Å². The Morgan fingerprint density at radius 2 is 2.00 bits per heavy atom. The lowest BCUT2D eigenvalue weighted by Crippen LogP contribution is -2.32. The van der Waals surface area contributed by atoms with E-state index in [9.17, 15) is 9.18 Å². The number of hydrogen-bond donors (Lipinski definition) is 2. The number of anilines is 1. The Kier molecular flexibility index (Phi) is 7.71. The number of para-hydroxylation sites is 2. The third kappa shape index (κ3) is 5.41. The molecule has 1 amide bonds. The molecule has 1 aliphatic rings. The quantitative estimate of drug-likeness (QED) is 0.233. The molecule has 5 rings (SSSR count). The highest BCUT2D eigenvalue weighted by atomic mass is 79.9. The minimum atomic E-state index is -0.399. The number of furan rings is 1. The summed E-state index contributed by atoms with van der Waals surface area (Å²) >= 11 is 8.97. The van der Waals surface area contributed by atoms with Crippen LogP contribution in [0.5, 0.6) is 5.75 Å². The predicted octanol–water partition coefficient (Wildman–Crippen LogP) is 6.25. The average Bonchev–Trinajstić information content (AvgIpc) is 3.52. The Morgan fingerprint density at radius 3 is 2.76 bits per heavy atom. The molecule has 0 spiro atoms. The normalized spacial score (nSPS) is 16.8. The summed E-state index contributed by atoms with van der Waals surface area (Å²) in [5.74, 6) is 0.975. The molecule has 1 saturated heterocycles. The fourth-order valence-corrected chi connectivity index (χ4v) is 5.15. The van der Waals surface area contributed by atoms with E-state index in [1.807, 2.05) is 41.3 Å². The first kappa shape index (κ1) is 25.9. The molecule has 0 radical (unpaired) electrons. The number of carbonyl (C=O) groups excluding carboxylic acids is 1. The highest BCUT2D eigenvalue weighted by Gasteiger charge is 2.41. The first-order chi connectivity index (χ1) is 18.4. The van der Waals surface area contributed by atoms with Gasteiger partial charge in [-0.3, -0.25) is 9.78 Å². The lowest BCUT2D eigenvalue weighted by atomic mass is 10.0. The van der Waals surface area contributed by atoms with Crippen molar-refractivity contribution >= 4 is 44.9 Å². The second kappa shape index (κ2) is 11.3. The van der Waals surface area contributed by atoms with Gasteiger partial charge in [-0.05, 0) is 66.8 Å². The van der Waals surface area contributed by atoms with Gasteiger partial charge in [0.15, 0.2) is 5.11 Å². The van der Waals surface area contributed by atoms with Gasteiger partial charge in [0, 0.05) is 23.6 Å². The van der Waals surface area contributed by atoms with E-state index in [0.717, 1.165) is 5.69 Å². The molecule has 194 valence electrons. The number of carbonyl (C=O) groups is 1. The largest absolute Gasteiger partial charge is 0.495 e. The van der Waals surface area contributed by atoms with Crippen LogP contribution in [0.25, 0.3) is 11.3 Å². The van der Waals surface area contributed by atoms with Gasteiger partial charge in [0.05, 0.1) is 30.1 Å². The molecule has 1 fully saturated rings. The summed E-state index contributed by atoms with van der Waals surface area (Å²) in [5.41, 5.74) is 1.72. The Bertz CT molecular complexity index is 1470. The molecule has 0 aliphatic carbocycles. The van der Waals surface area contributed by atoms with Crippen LogP contribution in [-0.4, -0.2) is 34.6 Å². The zero-order chi connectivity index (χ0) is 26.6. The number of amides is 1. The number of ether oxygens (including phenoxy) is 1. The van der Waals surface area contributed by atoms with E-state index in [4.69, 9.17) is 21.4 Å². The molecule has 0 saturated carbocycles. The number of rotatable bonds is 8. The van der Waals surface area contributed by atoms with E-state index in [0.29, 0.717) is 44.7 Å². The fourth-order valence-electron chi connectivity index (χ4n) is 4.48. The fraction of sp³-hybridized carbons (Fsp3) is 0.179. The number of benzene rings is 2. The highest BCUT2D eigenvalue weighted by Crippen LogP contribution is 2.41. The second-order valence-electron chi connectivity index (χ2n) is 8.64. The predicted molar refractivity (Wildman–Crippen MR) is 150 cm³/mol. The van der Waals surface area contributed by atoms with Crippen LogP contribution in [0.3, 0.4) is 0 Å². The Morgan fingerprint density at radius 1 is 1.18 bits per heavy atom. The standard InChI is InChI=1S/C28H24BrFN4O3S/c1-36-23-8-3-2-6-20(23)32-25(35)13-15-34-27(26(33-28(34)38)21-7-4-5-14-31-21)24-12-11-22(37-24)18-10-9-17(29)16-19(18)30/h2-12,14,16,26-27H,13,15H2,1H3,(H,32,35)(H,33,38). The number of halogens is 2. The number of hydrogen-bond acceptors (Lipinski definition) is 5. The van der Waals surface area contributed by atoms with Gasteiger partial charge < -0.3 is 24.7 Å². The van der Waals surface area contributed by atoms with Gasteiger partial charge in [-0.15, -0.1) is 0 Å². The zero-order valence-corrected chi connectivity index (χ0v) is 22.8. The van der Waals surface area contributed by atoms with E-state index in [-0.39, 0.29) is 18.4 Å². The van der Waals surface area contributed by atoms with Crippen molar-refractivity contribution < 1.29 is 18.3 Å². The monoisotopic (exact) mass is 594 g/mol. The van der Waals surface area contributed by atoms with Crippen LogP contribution in [0.4, 0.5) is 10.1 Å². The maximum atomic E-state index is 14.6. The second-order valence-corrected chi connectivity index (χ2v) is 9.95. The third-order valence-corrected chi connectivity index (χ3v) is 7.12. The summed E-state index contributed by atoms with van der Waals surface area (Å²) < 4.78 is 26.8. The lowest BCUT2D eigenvalue weighted by molar-refractivity contribution is -0.116. The van der Waals surface area contributed by atoms with E-state index in [2.05, 4.69) is 31.5 Å². The first-order valence-electron chi connectivity index (χ1n) is 11.9. The molecule has 2 atom stereocenters. The smallest absolute Gasteiger partial charge is 0.226 e. The van der Waals surface area contributed by atoms with Crippen LogP contribution in [-0.2, 0) is 4.79 Å². The van der Waals surface area contributed by atoms with Crippen molar-refractivity contribution in [3.63, 3.8) is 0 Å². The van der Waals surface area contributed by atoms with Crippen LogP contribution in [0.2, 0.25) is 0 Å². The highest BCUT2D eigenvalue weighted by molar-refractivity contribution is 9.10. The van der Waals surface area contributed by atoms with Crippen LogP contribution < -0.4 is 15.4 Å². The first-order valence-corrected chi connectivity index (χ1v) is 13.1. The van der Waals surface area contributed by atoms with Crippen molar-refractivity contribution in [3.05, 3.63) is 101 Å². The molecule has 10 heteroatoms. The molecule has 38 heavy (non-hydrogen) atoms. The number of nitrogens with zero attached hydrogens (tertiary/aromatic N) is 2. The van der Waals surface area contributed by atoms with Gasteiger partial charge in [0.25, 0.3) is 0 Å². The van der Waals surface area contributed by atoms with Gasteiger partial charge >= 0.3 is 0 Å². The SMILES string of the molecule is COc1ccccc1NC(=O)CCN1C(=S)NC(c2ccccn2)C1c1ccc(-c2ccc(Br)cc2F)o1. The van der Waals surface area contributed by atoms with Crippen molar-refractivity contribution in [3.8, 4) is 17.1 Å². The van der Waals surface area contributed by atoms with Crippen molar-refractivity contribution in [1.29, 1.82) is 0 Å². The molecular weight excluding hydrogens is 571 g/mol. The van der Waals surface area contributed by atoms with E-state index in [1.54, 1.807) is 43.6 Å². The maximum Gasteiger partial charge on any atom is 0.226 e. The van der Waals surface area contributed by atoms with Gasteiger partial charge in [-0.25, -0.2) is 4.39 Å². The van der Waals surface area contributed by atoms with Crippen molar-refractivity contribution in [2.24, 2.45) is 0 Å². The van der Waals surface area contributed by atoms with Crippen molar-refractivity contribution in [2.45, 2.75) is 18.5 Å². The van der Waals surface area contributed by atoms with E-state index in [1.165, 1.54) is 6.07 Å². The molecule has 3 heterocycles. The van der Waals surface area contributed by atoms with Crippen molar-refractivity contribution in [1.82, 2.24) is 15.2 Å². The number of thiocarbonyl (C=S) groups is 1. The topological polar surface area (TPSA) is 79.6 Å². The minimum absolute atomic E-state index is 0.167.